The van der Waals surface area contributed by atoms with E-state index in [2.05, 4.69) is 15.3 Å². The average Bonchev–Trinajstić information content (AvgIpc) is 2.63. The SMILES string of the molecule is O=C(Nc1ccc(F)nc1)c1cc(Cl)c(Cl)[nH]1. The summed E-state index contributed by atoms with van der Waals surface area (Å²) < 4.78 is 12.5. The van der Waals surface area contributed by atoms with Crippen LogP contribution in [0.3, 0.4) is 0 Å². The van der Waals surface area contributed by atoms with Gasteiger partial charge in [-0.05, 0) is 18.2 Å². The fourth-order valence-electron chi connectivity index (χ4n) is 1.17. The van der Waals surface area contributed by atoms with E-state index in [0.29, 0.717) is 5.69 Å². The number of anilines is 1. The third-order valence-corrected chi connectivity index (χ3v) is 2.65. The number of halogens is 3. The van der Waals surface area contributed by atoms with E-state index in [1.807, 2.05) is 0 Å². The van der Waals surface area contributed by atoms with Gasteiger partial charge in [0.15, 0.2) is 0 Å². The number of aromatic nitrogens is 2. The Bertz CT molecular complexity index is 534. The molecule has 0 aliphatic heterocycles. The van der Waals surface area contributed by atoms with Gasteiger partial charge in [-0.2, -0.15) is 4.39 Å². The Morgan fingerprint density at radius 1 is 1.41 bits per heavy atom. The number of nitrogens with one attached hydrogen (secondary N) is 2. The van der Waals surface area contributed by atoms with Gasteiger partial charge in [-0.3, -0.25) is 4.79 Å². The number of nitrogens with zero attached hydrogens (tertiary/aromatic N) is 1. The normalized spacial score (nSPS) is 10.3. The number of hydrogen-bond acceptors (Lipinski definition) is 2. The van der Waals surface area contributed by atoms with Crippen LogP contribution in [0.5, 0.6) is 0 Å². The number of carbonyl (C=O) groups is 1. The van der Waals surface area contributed by atoms with Crippen molar-refractivity contribution in [3.05, 3.63) is 46.2 Å². The molecule has 2 rings (SSSR count). The Kier molecular flexibility index (Phi) is 3.31. The van der Waals surface area contributed by atoms with Gasteiger partial charge in [-0.25, -0.2) is 4.98 Å². The van der Waals surface area contributed by atoms with Gasteiger partial charge in [-0.1, -0.05) is 23.2 Å². The van der Waals surface area contributed by atoms with E-state index in [1.54, 1.807) is 0 Å². The lowest BCUT2D eigenvalue weighted by Gasteiger charge is -2.02. The molecule has 4 nitrogen and oxygen atoms in total. The van der Waals surface area contributed by atoms with Gasteiger partial charge < -0.3 is 10.3 Å². The number of amides is 1. The van der Waals surface area contributed by atoms with Crippen LogP contribution < -0.4 is 5.32 Å². The summed E-state index contributed by atoms with van der Waals surface area (Å²) in [6.45, 7) is 0. The second kappa shape index (κ2) is 4.73. The van der Waals surface area contributed by atoms with Gasteiger partial charge in [0.05, 0.1) is 16.9 Å². The van der Waals surface area contributed by atoms with Crippen LogP contribution in [0.4, 0.5) is 10.1 Å². The van der Waals surface area contributed by atoms with Crippen molar-refractivity contribution in [1.29, 1.82) is 0 Å². The molecule has 2 N–H and O–H groups in total. The highest BCUT2D eigenvalue weighted by molar-refractivity contribution is 6.41. The molecule has 0 saturated carbocycles. The van der Waals surface area contributed by atoms with Crippen molar-refractivity contribution in [1.82, 2.24) is 9.97 Å². The summed E-state index contributed by atoms with van der Waals surface area (Å²) in [5, 5.41) is 2.96. The molecule has 0 unspecified atom stereocenters. The molecule has 0 aliphatic carbocycles. The molecular weight excluding hydrogens is 268 g/mol. The largest absolute Gasteiger partial charge is 0.340 e. The number of carbonyl (C=O) groups excluding carboxylic acids is 1. The molecular formula is C10H6Cl2FN3O. The maximum atomic E-state index is 12.5. The van der Waals surface area contributed by atoms with Crippen LogP contribution in [-0.4, -0.2) is 15.9 Å². The molecule has 0 aliphatic rings. The zero-order chi connectivity index (χ0) is 12.4. The molecule has 88 valence electrons. The Morgan fingerprint density at radius 3 is 2.71 bits per heavy atom. The molecule has 0 spiro atoms. The lowest BCUT2D eigenvalue weighted by atomic mass is 10.3. The second-order valence-electron chi connectivity index (χ2n) is 3.17. The Morgan fingerprint density at radius 2 is 2.18 bits per heavy atom. The van der Waals surface area contributed by atoms with Crippen molar-refractivity contribution < 1.29 is 9.18 Å². The Balaban J connectivity index is 2.14. The quantitative estimate of drug-likeness (QED) is 0.826. The minimum absolute atomic E-state index is 0.189. The Labute approximate surface area is 106 Å². The molecule has 17 heavy (non-hydrogen) atoms. The molecule has 0 atom stereocenters. The second-order valence-corrected chi connectivity index (χ2v) is 3.95. The standard InChI is InChI=1S/C10H6Cl2FN3O/c11-6-3-7(16-9(6)12)10(17)15-5-1-2-8(13)14-4-5/h1-4,16H,(H,15,17). The fourth-order valence-corrected chi connectivity index (χ4v) is 1.49. The number of hydrogen-bond donors (Lipinski definition) is 2. The summed E-state index contributed by atoms with van der Waals surface area (Å²) in [5.41, 5.74) is 0.586. The molecule has 0 saturated heterocycles. The first kappa shape index (κ1) is 11.9. The van der Waals surface area contributed by atoms with Gasteiger partial charge in [0, 0.05) is 0 Å². The molecule has 7 heteroatoms. The van der Waals surface area contributed by atoms with Gasteiger partial charge in [-0.15, -0.1) is 0 Å². The van der Waals surface area contributed by atoms with Gasteiger partial charge in [0.25, 0.3) is 5.91 Å². The highest BCUT2D eigenvalue weighted by Gasteiger charge is 2.11. The predicted octanol–water partition coefficient (Wildman–Crippen LogP) is 3.11. The van der Waals surface area contributed by atoms with Crippen LogP contribution in [-0.2, 0) is 0 Å². The molecule has 0 bridgehead atoms. The molecule has 2 heterocycles. The lowest BCUT2D eigenvalue weighted by molar-refractivity contribution is 0.102. The van der Waals surface area contributed by atoms with Crippen LogP contribution in [0.1, 0.15) is 10.5 Å². The average molecular weight is 274 g/mol. The third kappa shape index (κ3) is 2.75. The zero-order valence-corrected chi connectivity index (χ0v) is 9.81. The Hall–Kier alpha value is -1.59. The predicted molar refractivity (Wildman–Crippen MR) is 63.0 cm³/mol. The van der Waals surface area contributed by atoms with E-state index in [4.69, 9.17) is 23.2 Å². The maximum Gasteiger partial charge on any atom is 0.272 e. The lowest BCUT2D eigenvalue weighted by Crippen LogP contribution is -2.12. The first-order valence-corrected chi connectivity index (χ1v) is 5.29. The highest BCUT2D eigenvalue weighted by Crippen LogP contribution is 2.22. The molecule has 0 aromatic carbocycles. The van der Waals surface area contributed by atoms with E-state index >= 15 is 0 Å². The van der Waals surface area contributed by atoms with E-state index in [-0.39, 0.29) is 15.9 Å². The molecule has 1 amide bonds. The molecule has 0 fully saturated rings. The van der Waals surface area contributed by atoms with Crippen molar-refractivity contribution in [2.24, 2.45) is 0 Å². The van der Waals surface area contributed by atoms with E-state index in [1.165, 1.54) is 18.3 Å². The van der Waals surface area contributed by atoms with E-state index < -0.39 is 11.9 Å². The smallest absolute Gasteiger partial charge is 0.272 e. The van der Waals surface area contributed by atoms with Gasteiger partial charge in [0.2, 0.25) is 5.95 Å². The van der Waals surface area contributed by atoms with Gasteiger partial charge >= 0.3 is 0 Å². The fraction of sp³-hybridized carbons (Fsp3) is 0. The summed E-state index contributed by atoms with van der Waals surface area (Å²) in [7, 11) is 0. The van der Waals surface area contributed by atoms with Crippen molar-refractivity contribution in [3.8, 4) is 0 Å². The number of H-pyrrole nitrogens is 1. The minimum Gasteiger partial charge on any atom is -0.340 e. The highest BCUT2D eigenvalue weighted by atomic mass is 35.5. The number of pyridine rings is 1. The molecule has 2 aromatic rings. The summed E-state index contributed by atoms with van der Waals surface area (Å²) in [5.74, 6) is -1.05. The molecule has 2 aromatic heterocycles. The summed E-state index contributed by atoms with van der Waals surface area (Å²) in [4.78, 5) is 17.7. The van der Waals surface area contributed by atoms with Crippen LogP contribution in [0.25, 0.3) is 0 Å². The van der Waals surface area contributed by atoms with Crippen LogP contribution >= 0.6 is 23.2 Å². The van der Waals surface area contributed by atoms with Crippen molar-refractivity contribution in [3.63, 3.8) is 0 Å². The molecule has 0 radical (unpaired) electrons. The monoisotopic (exact) mass is 273 g/mol. The van der Waals surface area contributed by atoms with E-state index in [9.17, 15) is 9.18 Å². The van der Waals surface area contributed by atoms with E-state index in [0.717, 1.165) is 6.07 Å². The first-order valence-electron chi connectivity index (χ1n) is 4.53. The number of aromatic amines is 1. The summed E-state index contributed by atoms with van der Waals surface area (Å²) in [6.07, 6.45) is 1.21. The summed E-state index contributed by atoms with van der Waals surface area (Å²) >= 11 is 11.4. The van der Waals surface area contributed by atoms with Crippen LogP contribution in [0, 0.1) is 5.95 Å². The van der Waals surface area contributed by atoms with Crippen molar-refractivity contribution in [2.45, 2.75) is 0 Å². The third-order valence-electron chi connectivity index (χ3n) is 1.96. The van der Waals surface area contributed by atoms with Gasteiger partial charge in [0.1, 0.15) is 10.8 Å². The number of rotatable bonds is 2. The van der Waals surface area contributed by atoms with Crippen LogP contribution in [0.2, 0.25) is 10.2 Å². The van der Waals surface area contributed by atoms with Crippen molar-refractivity contribution in [2.75, 3.05) is 5.32 Å². The van der Waals surface area contributed by atoms with Crippen molar-refractivity contribution >= 4 is 34.8 Å². The van der Waals surface area contributed by atoms with Crippen LogP contribution in [0.15, 0.2) is 24.4 Å². The zero-order valence-electron chi connectivity index (χ0n) is 8.30. The topological polar surface area (TPSA) is 57.8 Å². The summed E-state index contributed by atoms with van der Waals surface area (Å²) in [6, 6.07) is 3.94. The maximum absolute atomic E-state index is 12.5. The first-order chi connectivity index (χ1) is 8.06. The minimum atomic E-state index is -0.617.